The van der Waals surface area contributed by atoms with Crippen molar-refractivity contribution >= 4 is 11.0 Å². The van der Waals surface area contributed by atoms with Gasteiger partial charge in [0.15, 0.2) is 0 Å². The largest absolute Gasteiger partial charge is 1.00 e. The van der Waals surface area contributed by atoms with E-state index in [1.54, 1.807) is 0 Å². The number of benzene rings is 1. The Morgan fingerprint density at radius 2 is 1.15 bits per heavy atom. The van der Waals surface area contributed by atoms with E-state index in [-0.39, 0.29) is 51.4 Å². The van der Waals surface area contributed by atoms with Crippen molar-refractivity contribution in [1.82, 2.24) is 0 Å². The maximum absolute atomic E-state index is 8.56. The van der Waals surface area contributed by atoms with Crippen LogP contribution in [0.15, 0.2) is 24.3 Å². The summed E-state index contributed by atoms with van der Waals surface area (Å²) in [5.74, 6) is 0. The number of hydrogen-bond donors (Lipinski definition) is 1. The molecule has 0 radical (unpaired) electrons. The summed E-state index contributed by atoms with van der Waals surface area (Å²) < 4.78 is 24.1. The Morgan fingerprint density at radius 3 is 1.31 bits per heavy atom. The quantitative estimate of drug-likeness (QED) is 0.269. The number of rotatable bonds is 0. The van der Waals surface area contributed by atoms with E-state index in [0.717, 1.165) is 0 Å². The van der Waals surface area contributed by atoms with Crippen LogP contribution < -0.4 is 51.4 Å². The molecule has 0 spiro atoms. The molecule has 1 aromatic carbocycles. The third-order valence-corrected chi connectivity index (χ3v) is 1.22. The molecule has 0 aromatic heterocycles. The van der Waals surface area contributed by atoms with Gasteiger partial charge in [-0.1, -0.05) is 35.4 Å². The van der Waals surface area contributed by atoms with Gasteiger partial charge in [-0.3, -0.25) is 0 Å². The summed E-state index contributed by atoms with van der Waals surface area (Å²) >= 11 is 0. The van der Waals surface area contributed by atoms with Crippen molar-refractivity contribution in [2.75, 3.05) is 0 Å². The molecule has 0 aliphatic heterocycles. The summed E-state index contributed by atoms with van der Waals surface area (Å²) in [6.07, 6.45) is 0. The Labute approximate surface area is 123 Å². The van der Waals surface area contributed by atoms with Crippen LogP contribution in [0, 0.1) is 13.8 Å². The molecular weight excluding hydrogens is 215 g/mol. The predicted molar refractivity (Wildman–Crippen MR) is 47.3 cm³/mol. The summed E-state index contributed by atoms with van der Waals surface area (Å²) in [4.78, 5) is 0. The van der Waals surface area contributed by atoms with Crippen molar-refractivity contribution < 1.29 is 64.4 Å². The molecule has 1 rings (SSSR count). The Hall–Kier alpha value is 0.766. The second-order valence-electron chi connectivity index (χ2n) is 2.37. The van der Waals surface area contributed by atoms with Gasteiger partial charge < -0.3 is 13.0 Å². The van der Waals surface area contributed by atoms with E-state index >= 15 is 0 Å². The van der Waals surface area contributed by atoms with E-state index in [1.165, 1.54) is 11.1 Å². The summed E-state index contributed by atoms with van der Waals surface area (Å²) in [5, 5.41) is 0. The van der Waals surface area contributed by atoms with Crippen LogP contribution in [0.5, 0.6) is 0 Å². The first kappa shape index (κ1) is 16.2. The zero-order chi connectivity index (χ0) is 9.56. The van der Waals surface area contributed by atoms with Gasteiger partial charge in [-0.15, -0.1) is 0 Å². The Balaban J connectivity index is 0. The van der Waals surface area contributed by atoms with Gasteiger partial charge in [-0.05, 0) is 13.8 Å². The molecule has 0 heterocycles. The van der Waals surface area contributed by atoms with Crippen LogP contribution in [-0.2, 0) is 19.4 Å². The van der Waals surface area contributed by atoms with Gasteiger partial charge in [0.2, 0.25) is 0 Å². The van der Waals surface area contributed by atoms with Crippen LogP contribution in [0.25, 0.3) is 0 Å². The molecule has 0 unspecified atom stereocenters. The Bertz CT molecular complexity index is 264. The van der Waals surface area contributed by atoms with Crippen molar-refractivity contribution in [3.05, 3.63) is 35.4 Å². The van der Waals surface area contributed by atoms with Gasteiger partial charge in [0.1, 0.15) is 0 Å². The fraction of sp³-hybridized carbons (Fsp3) is 0.250. The van der Waals surface area contributed by atoms with E-state index in [9.17, 15) is 0 Å². The van der Waals surface area contributed by atoms with Crippen LogP contribution in [0.2, 0.25) is 0 Å². The van der Waals surface area contributed by atoms with E-state index in [2.05, 4.69) is 38.1 Å². The topological polar surface area (TPSA) is 54.4 Å². The fourth-order valence-corrected chi connectivity index (χ4v) is 0.637. The number of aryl methyl sites for hydroxylation is 2. The van der Waals surface area contributed by atoms with E-state index in [0.29, 0.717) is 0 Å². The molecule has 1 N–H and O–H groups in total. The van der Waals surface area contributed by atoms with Crippen LogP contribution in [0.3, 0.4) is 0 Å². The zero-order valence-corrected chi connectivity index (χ0v) is 11.9. The predicted octanol–water partition coefficient (Wildman–Crippen LogP) is -0.924. The number of hydrogen-bond acceptors (Lipinski definition) is 3. The minimum Gasteiger partial charge on any atom is -0.439 e. The monoisotopic (exact) mass is 226 g/mol. The normalized spacial score (nSPS) is 8.31. The van der Waals surface area contributed by atoms with Crippen LogP contribution in [0.4, 0.5) is 0 Å². The second kappa shape index (κ2) is 9.33. The molecule has 13 heavy (non-hydrogen) atoms. The molecule has 0 aliphatic carbocycles. The first-order chi connectivity index (χ1) is 5.52. The maximum Gasteiger partial charge on any atom is 1.00 e. The SMILES string of the molecule is Cc1ccc(C)cc1.O=[S-](=O)O.[K+]. The minimum atomic E-state index is -2.86. The van der Waals surface area contributed by atoms with Crippen molar-refractivity contribution in [1.29, 1.82) is 0 Å². The van der Waals surface area contributed by atoms with Crippen molar-refractivity contribution in [2.45, 2.75) is 13.8 Å². The second-order valence-corrected chi connectivity index (χ2v) is 2.81. The Kier molecular flexibility index (Phi) is 11.6. The van der Waals surface area contributed by atoms with Crippen molar-refractivity contribution in [3.63, 3.8) is 0 Å². The summed E-state index contributed by atoms with van der Waals surface area (Å²) in [7, 11) is -2.86. The standard InChI is InChI=1S/C8H10.K.HO3S/c1-7-3-5-8(2)6-4-7;;1-4(2)3/h3-6H,1-2H3;;(H,1,2,3)/q;+1;-1. The van der Waals surface area contributed by atoms with Gasteiger partial charge in [-0.25, -0.2) is 0 Å². The molecule has 0 fully saturated rings. The molecule has 0 aliphatic rings. The fourth-order valence-electron chi connectivity index (χ4n) is 0.637. The Morgan fingerprint density at radius 1 is 1.00 bits per heavy atom. The van der Waals surface area contributed by atoms with Gasteiger partial charge >= 0.3 is 51.4 Å². The zero-order valence-electron chi connectivity index (χ0n) is 7.98. The van der Waals surface area contributed by atoms with Crippen molar-refractivity contribution in [3.8, 4) is 0 Å². The van der Waals surface area contributed by atoms with Gasteiger partial charge in [-0.2, -0.15) is 0 Å². The summed E-state index contributed by atoms with van der Waals surface area (Å²) in [6.45, 7) is 4.19. The average molecular weight is 226 g/mol. The average Bonchev–Trinajstić information content (AvgIpc) is 1.94. The van der Waals surface area contributed by atoms with Crippen LogP contribution >= 0.6 is 0 Å². The van der Waals surface area contributed by atoms with Gasteiger partial charge in [0, 0.05) is 11.0 Å². The molecule has 0 saturated carbocycles. The van der Waals surface area contributed by atoms with E-state index in [1.807, 2.05) is 0 Å². The summed E-state index contributed by atoms with van der Waals surface area (Å²) in [5.41, 5.74) is 2.66. The van der Waals surface area contributed by atoms with Crippen molar-refractivity contribution in [2.24, 2.45) is 0 Å². The molecule has 1 aromatic rings. The van der Waals surface area contributed by atoms with E-state index < -0.39 is 11.0 Å². The third-order valence-electron chi connectivity index (χ3n) is 1.22. The summed E-state index contributed by atoms with van der Waals surface area (Å²) in [6, 6.07) is 8.48. The minimum absolute atomic E-state index is 0. The molecular formula is C8H11KO3S. The molecule has 68 valence electrons. The first-order valence-corrected chi connectivity index (χ1v) is 4.37. The van der Waals surface area contributed by atoms with Gasteiger partial charge in [0.05, 0.1) is 0 Å². The smallest absolute Gasteiger partial charge is 0.439 e. The van der Waals surface area contributed by atoms with Crippen LogP contribution in [0.1, 0.15) is 11.1 Å². The molecule has 0 saturated heterocycles. The molecule has 3 nitrogen and oxygen atoms in total. The molecule has 5 heteroatoms. The van der Waals surface area contributed by atoms with Gasteiger partial charge in [0.25, 0.3) is 0 Å². The molecule has 0 amide bonds. The molecule has 0 bridgehead atoms. The van der Waals surface area contributed by atoms with Crippen LogP contribution in [-0.4, -0.2) is 4.55 Å². The first-order valence-electron chi connectivity index (χ1n) is 3.34. The van der Waals surface area contributed by atoms with E-state index in [4.69, 9.17) is 13.0 Å². The maximum atomic E-state index is 8.56. The third kappa shape index (κ3) is 12.8. The molecule has 0 atom stereocenters.